The Bertz CT molecular complexity index is 765. The van der Waals surface area contributed by atoms with Crippen molar-refractivity contribution in [1.29, 1.82) is 0 Å². The maximum Gasteiger partial charge on any atom is 0.137 e. The van der Waals surface area contributed by atoms with Gasteiger partial charge in [-0.2, -0.15) is 0 Å². The Morgan fingerprint density at radius 1 is 1.22 bits per heavy atom. The summed E-state index contributed by atoms with van der Waals surface area (Å²) in [5.41, 5.74) is 5.57. The van der Waals surface area contributed by atoms with Gasteiger partial charge in [0.25, 0.3) is 0 Å². The summed E-state index contributed by atoms with van der Waals surface area (Å²) in [7, 11) is 0. The third-order valence-corrected chi connectivity index (χ3v) is 3.25. The van der Waals surface area contributed by atoms with Gasteiger partial charge in [-0.05, 0) is 62.4 Å². The average Bonchev–Trinajstić information content (AvgIpc) is 2.53. The van der Waals surface area contributed by atoms with Gasteiger partial charge in [-0.15, -0.1) is 0 Å². The SMILES string of the molecule is C=C(C#Cc1ccc(C)c(/C(=C\C)C(=C)C)c1)N=C/C(F)=C\C. The minimum atomic E-state index is -0.412. The average molecular weight is 307 g/mol. The van der Waals surface area contributed by atoms with Crippen LogP contribution in [0.1, 0.15) is 37.5 Å². The summed E-state index contributed by atoms with van der Waals surface area (Å²) in [5.74, 6) is 5.43. The van der Waals surface area contributed by atoms with Gasteiger partial charge in [-0.1, -0.05) is 42.9 Å². The molecule has 0 heterocycles. The minimum Gasteiger partial charge on any atom is -0.245 e. The van der Waals surface area contributed by atoms with E-state index in [1.807, 2.05) is 38.1 Å². The molecule has 1 aromatic carbocycles. The number of nitrogens with zero attached hydrogens (tertiary/aromatic N) is 1. The Kier molecular flexibility index (Phi) is 6.96. The third kappa shape index (κ3) is 5.56. The number of hydrogen-bond acceptors (Lipinski definition) is 1. The van der Waals surface area contributed by atoms with Crippen LogP contribution in [0.5, 0.6) is 0 Å². The summed E-state index contributed by atoms with van der Waals surface area (Å²) >= 11 is 0. The molecule has 0 saturated carbocycles. The van der Waals surface area contributed by atoms with Crippen molar-refractivity contribution in [3.63, 3.8) is 0 Å². The molecule has 1 rings (SSSR count). The van der Waals surface area contributed by atoms with Crippen LogP contribution in [0.3, 0.4) is 0 Å². The number of aliphatic imine (C=N–C) groups is 1. The van der Waals surface area contributed by atoms with E-state index in [4.69, 9.17) is 0 Å². The summed E-state index contributed by atoms with van der Waals surface area (Å²) in [6.07, 6.45) is 4.48. The first kappa shape index (κ1) is 18.4. The zero-order valence-electron chi connectivity index (χ0n) is 14.2. The molecule has 1 aromatic rings. The van der Waals surface area contributed by atoms with Crippen LogP contribution in [0.4, 0.5) is 4.39 Å². The smallest absolute Gasteiger partial charge is 0.137 e. The highest BCUT2D eigenvalue weighted by Gasteiger charge is 2.05. The van der Waals surface area contributed by atoms with Crippen LogP contribution in [-0.4, -0.2) is 6.21 Å². The van der Waals surface area contributed by atoms with Gasteiger partial charge in [0, 0.05) is 5.56 Å². The van der Waals surface area contributed by atoms with Crippen molar-refractivity contribution < 1.29 is 4.39 Å². The molecule has 0 aliphatic carbocycles. The zero-order chi connectivity index (χ0) is 17.4. The second-order valence-electron chi connectivity index (χ2n) is 5.14. The zero-order valence-corrected chi connectivity index (χ0v) is 14.2. The van der Waals surface area contributed by atoms with Crippen molar-refractivity contribution in [2.75, 3.05) is 0 Å². The maximum atomic E-state index is 13.0. The van der Waals surface area contributed by atoms with Gasteiger partial charge in [-0.3, -0.25) is 0 Å². The molecular weight excluding hydrogens is 285 g/mol. The first-order valence-electron chi connectivity index (χ1n) is 7.39. The monoisotopic (exact) mass is 307 g/mol. The van der Waals surface area contributed by atoms with Gasteiger partial charge in [-0.25, -0.2) is 9.38 Å². The van der Waals surface area contributed by atoms with E-state index in [1.54, 1.807) is 6.92 Å². The van der Waals surface area contributed by atoms with E-state index in [-0.39, 0.29) is 0 Å². The van der Waals surface area contributed by atoms with Crippen molar-refractivity contribution >= 4 is 11.8 Å². The second-order valence-corrected chi connectivity index (χ2v) is 5.14. The van der Waals surface area contributed by atoms with E-state index < -0.39 is 5.83 Å². The van der Waals surface area contributed by atoms with Gasteiger partial charge in [0.2, 0.25) is 0 Å². The molecule has 0 fully saturated rings. The highest BCUT2D eigenvalue weighted by molar-refractivity contribution is 5.80. The number of allylic oxidation sites excluding steroid dienone is 6. The lowest BCUT2D eigenvalue weighted by Crippen LogP contribution is -1.91. The van der Waals surface area contributed by atoms with Crippen LogP contribution in [-0.2, 0) is 0 Å². The van der Waals surface area contributed by atoms with Crippen molar-refractivity contribution in [1.82, 2.24) is 0 Å². The lowest BCUT2D eigenvalue weighted by atomic mass is 9.94. The van der Waals surface area contributed by atoms with E-state index in [0.717, 1.165) is 28.5 Å². The van der Waals surface area contributed by atoms with Crippen molar-refractivity contribution in [2.24, 2.45) is 4.99 Å². The Hall–Kier alpha value is -2.66. The van der Waals surface area contributed by atoms with Gasteiger partial charge in [0.05, 0.1) is 6.21 Å². The first-order valence-corrected chi connectivity index (χ1v) is 7.39. The Morgan fingerprint density at radius 3 is 2.48 bits per heavy atom. The molecule has 0 aliphatic heterocycles. The van der Waals surface area contributed by atoms with Crippen LogP contribution in [0.25, 0.3) is 5.57 Å². The molecule has 1 nitrogen and oxygen atoms in total. The molecule has 0 aromatic heterocycles. The number of benzene rings is 1. The quantitative estimate of drug-likeness (QED) is 0.379. The molecule has 118 valence electrons. The summed E-state index contributed by atoms with van der Waals surface area (Å²) in [6.45, 7) is 15.4. The molecule has 23 heavy (non-hydrogen) atoms. The van der Waals surface area contributed by atoms with Crippen LogP contribution in [0, 0.1) is 18.8 Å². The summed E-state index contributed by atoms with van der Waals surface area (Å²) < 4.78 is 13.0. The van der Waals surface area contributed by atoms with E-state index in [9.17, 15) is 4.39 Å². The van der Waals surface area contributed by atoms with E-state index in [2.05, 4.69) is 36.9 Å². The number of halogens is 1. The third-order valence-electron chi connectivity index (χ3n) is 3.25. The molecular formula is C21H22FN. The summed E-state index contributed by atoms with van der Waals surface area (Å²) in [5, 5.41) is 0. The molecule has 2 heteroatoms. The van der Waals surface area contributed by atoms with E-state index in [0.29, 0.717) is 5.70 Å². The van der Waals surface area contributed by atoms with E-state index in [1.165, 1.54) is 11.6 Å². The summed E-state index contributed by atoms with van der Waals surface area (Å²) in [4.78, 5) is 3.87. The molecule has 0 bridgehead atoms. The normalized spacial score (nSPS) is 12.0. The Balaban J connectivity index is 3.10. The fourth-order valence-electron chi connectivity index (χ4n) is 2.01. The van der Waals surface area contributed by atoms with Gasteiger partial charge in [0.1, 0.15) is 11.5 Å². The number of hydrogen-bond donors (Lipinski definition) is 0. The molecule has 0 radical (unpaired) electrons. The van der Waals surface area contributed by atoms with Crippen LogP contribution >= 0.6 is 0 Å². The topological polar surface area (TPSA) is 12.4 Å². The van der Waals surface area contributed by atoms with Crippen LogP contribution in [0.15, 0.2) is 65.6 Å². The maximum absolute atomic E-state index is 13.0. The molecule has 0 aliphatic rings. The van der Waals surface area contributed by atoms with Crippen molar-refractivity contribution in [3.8, 4) is 11.8 Å². The molecule has 0 amide bonds. The lowest BCUT2D eigenvalue weighted by molar-refractivity contribution is 0.684. The molecule has 0 saturated heterocycles. The Labute approximate surface area is 138 Å². The molecule has 0 spiro atoms. The predicted molar refractivity (Wildman–Crippen MR) is 99.0 cm³/mol. The minimum absolute atomic E-state index is 0.315. The molecule has 0 atom stereocenters. The Morgan fingerprint density at radius 2 is 1.91 bits per heavy atom. The highest BCUT2D eigenvalue weighted by atomic mass is 19.1. The fraction of sp³-hybridized carbons (Fsp3) is 0.190. The second kappa shape index (κ2) is 8.70. The number of aryl methyl sites for hydroxylation is 1. The van der Waals surface area contributed by atoms with Crippen LogP contribution < -0.4 is 0 Å². The van der Waals surface area contributed by atoms with Gasteiger partial charge >= 0.3 is 0 Å². The number of rotatable bonds is 4. The molecule has 0 unspecified atom stereocenters. The summed E-state index contributed by atoms with van der Waals surface area (Å²) in [6, 6.07) is 5.99. The lowest BCUT2D eigenvalue weighted by Gasteiger charge is -2.10. The van der Waals surface area contributed by atoms with Crippen LogP contribution in [0.2, 0.25) is 0 Å². The largest absolute Gasteiger partial charge is 0.245 e. The van der Waals surface area contributed by atoms with E-state index >= 15 is 0 Å². The predicted octanol–water partition coefficient (Wildman–Crippen LogP) is 5.78. The highest BCUT2D eigenvalue weighted by Crippen LogP contribution is 2.25. The van der Waals surface area contributed by atoms with Crippen molar-refractivity contribution in [2.45, 2.75) is 27.7 Å². The molecule has 0 N–H and O–H groups in total. The first-order chi connectivity index (χ1) is 10.9. The van der Waals surface area contributed by atoms with Gasteiger partial charge < -0.3 is 0 Å². The fourth-order valence-corrected chi connectivity index (χ4v) is 2.01. The standard InChI is InChI=1S/C21H22FN/c1-7-19(22)14-23-17(6)10-12-18-11-9-16(5)21(13-18)20(8-2)15(3)4/h7-9,11,13-14H,3,6H2,1-2,4-5H3/b19-7+,20-8-,23-14?. The van der Waals surface area contributed by atoms with Crippen molar-refractivity contribution in [3.05, 3.63) is 77.3 Å². The van der Waals surface area contributed by atoms with Gasteiger partial charge in [0.15, 0.2) is 0 Å².